The van der Waals surface area contributed by atoms with Gasteiger partial charge in [-0.15, -0.1) is 0 Å². The van der Waals surface area contributed by atoms with Crippen LogP contribution in [-0.2, 0) is 0 Å². The molecule has 2 nitrogen and oxygen atoms in total. The van der Waals surface area contributed by atoms with Crippen LogP contribution in [0.4, 0.5) is 0 Å². The van der Waals surface area contributed by atoms with Crippen LogP contribution in [0.1, 0.15) is 64.0 Å². The second kappa shape index (κ2) is 8.43. The fraction of sp³-hybridized carbons (Fsp3) is 0.684. The Kier molecular flexibility index (Phi) is 6.56. The summed E-state index contributed by atoms with van der Waals surface area (Å²) in [6.45, 7) is 5.79. The number of nitrogens with one attached hydrogen (secondary N) is 1. The van der Waals surface area contributed by atoms with E-state index in [0.29, 0.717) is 6.04 Å². The summed E-state index contributed by atoms with van der Waals surface area (Å²) < 4.78 is 5.23. The van der Waals surface area contributed by atoms with Crippen LogP contribution in [0.3, 0.4) is 0 Å². The molecule has 0 saturated heterocycles. The van der Waals surface area contributed by atoms with E-state index in [1.807, 2.05) is 0 Å². The Hall–Kier alpha value is -1.02. The zero-order valence-electron chi connectivity index (χ0n) is 13.9. The molecule has 1 aliphatic rings. The summed E-state index contributed by atoms with van der Waals surface area (Å²) in [6, 6.07) is 8.95. The Morgan fingerprint density at radius 1 is 1.14 bits per heavy atom. The largest absolute Gasteiger partial charge is 0.497 e. The van der Waals surface area contributed by atoms with Crippen LogP contribution in [0.5, 0.6) is 5.75 Å². The first kappa shape index (κ1) is 16.4. The fourth-order valence-electron chi connectivity index (χ4n) is 3.41. The fourth-order valence-corrected chi connectivity index (χ4v) is 3.41. The quantitative estimate of drug-likeness (QED) is 0.766. The van der Waals surface area contributed by atoms with Crippen molar-refractivity contribution in [2.75, 3.05) is 13.7 Å². The van der Waals surface area contributed by atoms with Crippen molar-refractivity contribution in [3.63, 3.8) is 0 Å². The molecule has 1 unspecified atom stereocenters. The van der Waals surface area contributed by atoms with Crippen molar-refractivity contribution in [3.05, 3.63) is 29.8 Å². The predicted octanol–water partition coefficient (Wildman–Crippen LogP) is 4.95. The standard InChI is InChI=1S/C19H31NO/c1-4-19(17-9-11-18(21-3)12-10-17)20-14-13-16-7-5-15(2)6-8-16/h9-12,15-16,19-20H,4-8,13-14H2,1-3H3. The lowest BCUT2D eigenvalue weighted by molar-refractivity contribution is 0.272. The molecule has 0 bridgehead atoms. The van der Waals surface area contributed by atoms with Gasteiger partial charge in [-0.1, -0.05) is 51.7 Å². The highest BCUT2D eigenvalue weighted by atomic mass is 16.5. The average Bonchev–Trinajstić information content (AvgIpc) is 2.53. The number of ether oxygens (including phenoxy) is 1. The van der Waals surface area contributed by atoms with E-state index < -0.39 is 0 Å². The molecular weight excluding hydrogens is 258 g/mol. The van der Waals surface area contributed by atoms with Gasteiger partial charge in [-0.25, -0.2) is 0 Å². The minimum atomic E-state index is 0.471. The lowest BCUT2D eigenvalue weighted by Crippen LogP contribution is -2.24. The van der Waals surface area contributed by atoms with Crippen LogP contribution in [0, 0.1) is 11.8 Å². The van der Waals surface area contributed by atoms with Crippen LogP contribution in [0.15, 0.2) is 24.3 Å². The molecule has 0 aliphatic heterocycles. The highest BCUT2D eigenvalue weighted by Gasteiger charge is 2.18. The van der Waals surface area contributed by atoms with E-state index in [-0.39, 0.29) is 0 Å². The second-order valence-electron chi connectivity index (χ2n) is 6.60. The first-order chi connectivity index (χ1) is 10.2. The van der Waals surface area contributed by atoms with Crippen LogP contribution >= 0.6 is 0 Å². The molecule has 1 N–H and O–H groups in total. The smallest absolute Gasteiger partial charge is 0.118 e. The number of methoxy groups -OCH3 is 1. The van der Waals surface area contributed by atoms with E-state index in [1.165, 1.54) is 37.7 Å². The van der Waals surface area contributed by atoms with Crippen molar-refractivity contribution >= 4 is 0 Å². The predicted molar refractivity (Wildman–Crippen MR) is 89.8 cm³/mol. The first-order valence-electron chi connectivity index (χ1n) is 8.60. The third-order valence-electron chi connectivity index (χ3n) is 5.01. The Balaban J connectivity index is 1.76. The third kappa shape index (κ3) is 5.03. The van der Waals surface area contributed by atoms with Crippen molar-refractivity contribution in [1.82, 2.24) is 5.32 Å². The Labute approximate surface area is 130 Å². The normalized spacial score (nSPS) is 23.8. The molecule has 0 radical (unpaired) electrons. The van der Waals surface area contributed by atoms with Gasteiger partial charge < -0.3 is 10.1 Å². The van der Waals surface area contributed by atoms with Gasteiger partial charge in [0.05, 0.1) is 7.11 Å². The number of hydrogen-bond acceptors (Lipinski definition) is 2. The first-order valence-corrected chi connectivity index (χ1v) is 8.60. The summed E-state index contributed by atoms with van der Waals surface area (Å²) in [5.41, 5.74) is 1.37. The summed E-state index contributed by atoms with van der Waals surface area (Å²) >= 11 is 0. The lowest BCUT2D eigenvalue weighted by atomic mass is 9.81. The second-order valence-corrected chi connectivity index (χ2v) is 6.60. The van der Waals surface area contributed by atoms with Crippen LogP contribution in [0.25, 0.3) is 0 Å². The van der Waals surface area contributed by atoms with Gasteiger partial charge in [0, 0.05) is 6.04 Å². The molecule has 1 aromatic carbocycles. The molecule has 1 aliphatic carbocycles. The summed E-state index contributed by atoms with van der Waals surface area (Å²) in [5, 5.41) is 3.74. The maximum atomic E-state index is 5.23. The molecule has 1 fully saturated rings. The molecule has 1 atom stereocenters. The highest BCUT2D eigenvalue weighted by Crippen LogP contribution is 2.30. The van der Waals surface area contributed by atoms with Crippen molar-refractivity contribution in [2.45, 2.75) is 58.4 Å². The maximum Gasteiger partial charge on any atom is 0.118 e. The van der Waals surface area contributed by atoms with Crippen molar-refractivity contribution in [2.24, 2.45) is 11.8 Å². The third-order valence-corrected chi connectivity index (χ3v) is 5.01. The van der Waals surface area contributed by atoms with Gasteiger partial charge >= 0.3 is 0 Å². The Morgan fingerprint density at radius 3 is 2.38 bits per heavy atom. The average molecular weight is 289 g/mol. The van der Waals surface area contributed by atoms with E-state index in [4.69, 9.17) is 4.74 Å². The van der Waals surface area contributed by atoms with Gasteiger partial charge in [0.2, 0.25) is 0 Å². The van der Waals surface area contributed by atoms with E-state index in [9.17, 15) is 0 Å². The van der Waals surface area contributed by atoms with Crippen LogP contribution < -0.4 is 10.1 Å². The molecule has 0 spiro atoms. The van der Waals surface area contributed by atoms with Gasteiger partial charge in [-0.05, 0) is 48.9 Å². The van der Waals surface area contributed by atoms with E-state index in [2.05, 4.69) is 43.4 Å². The minimum Gasteiger partial charge on any atom is -0.497 e. The number of hydrogen-bond donors (Lipinski definition) is 1. The van der Waals surface area contributed by atoms with Gasteiger partial charge in [0.1, 0.15) is 5.75 Å². The van der Waals surface area contributed by atoms with Gasteiger partial charge in [0.15, 0.2) is 0 Å². The summed E-state index contributed by atoms with van der Waals surface area (Å²) in [6.07, 6.45) is 8.19. The monoisotopic (exact) mass is 289 g/mol. The Bertz CT molecular complexity index is 393. The van der Waals surface area contributed by atoms with Crippen LogP contribution in [-0.4, -0.2) is 13.7 Å². The minimum absolute atomic E-state index is 0.471. The Morgan fingerprint density at radius 2 is 1.81 bits per heavy atom. The highest BCUT2D eigenvalue weighted by molar-refractivity contribution is 5.29. The molecular formula is C19H31NO. The van der Waals surface area contributed by atoms with E-state index in [0.717, 1.165) is 30.6 Å². The van der Waals surface area contributed by atoms with Crippen LogP contribution in [0.2, 0.25) is 0 Å². The summed E-state index contributed by atoms with van der Waals surface area (Å²) in [5.74, 6) is 2.84. The van der Waals surface area contributed by atoms with Gasteiger partial charge in [-0.3, -0.25) is 0 Å². The van der Waals surface area contributed by atoms with Crippen molar-refractivity contribution < 1.29 is 4.74 Å². The van der Waals surface area contributed by atoms with Crippen molar-refractivity contribution in [3.8, 4) is 5.75 Å². The number of benzene rings is 1. The zero-order chi connectivity index (χ0) is 15.1. The topological polar surface area (TPSA) is 21.3 Å². The lowest BCUT2D eigenvalue weighted by Gasteiger charge is -2.27. The molecule has 21 heavy (non-hydrogen) atoms. The van der Waals surface area contributed by atoms with E-state index in [1.54, 1.807) is 7.11 Å². The summed E-state index contributed by atoms with van der Waals surface area (Å²) in [4.78, 5) is 0. The molecule has 1 aromatic rings. The number of rotatable bonds is 7. The van der Waals surface area contributed by atoms with Gasteiger partial charge in [-0.2, -0.15) is 0 Å². The zero-order valence-corrected chi connectivity index (χ0v) is 13.9. The molecule has 0 amide bonds. The molecule has 0 aromatic heterocycles. The molecule has 1 saturated carbocycles. The maximum absolute atomic E-state index is 5.23. The van der Waals surface area contributed by atoms with Gasteiger partial charge in [0.25, 0.3) is 0 Å². The van der Waals surface area contributed by atoms with Crippen molar-refractivity contribution in [1.29, 1.82) is 0 Å². The molecule has 2 heteroatoms. The molecule has 0 heterocycles. The molecule has 2 rings (SSSR count). The molecule has 118 valence electrons. The summed E-state index contributed by atoms with van der Waals surface area (Å²) in [7, 11) is 1.72. The van der Waals surface area contributed by atoms with E-state index >= 15 is 0 Å². The SMILES string of the molecule is CCC(NCCC1CCC(C)CC1)c1ccc(OC)cc1.